The van der Waals surface area contributed by atoms with E-state index >= 15 is 0 Å². The van der Waals surface area contributed by atoms with Crippen molar-refractivity contribution >= 4 is 33.0 Å². The molecule has 13 heteroatoms. The summed E-state index contributed by atoms with van der Waals surface area (Å²) in [6.07, 6.45) is -2.73. The zero-order valence-electron chi connectivity index (χ0n) is 21.0. The number of rotatable bonds is 7. The first-order valence-corrected chi connectivity index (χ1v) is 14.2. The Labute approximate surface area is 228 Å². The van der Waals surface area contributed by atoms with Crippen molar-refractivity contribution < 1.29 is 46.8 Å². The lowest BCUT2D eigenvalue weighted by Crippen LogP contribution is -2.62. The van der Waals surface area contributed by atoms with Gasteiger partial charge in [0.1, 0.15) is 12.2 Å². The molecule has 0 saturated heterocycles. The van der Waals surface area contributed by atoms with Crippen molar-refractivity contribution in [3.05, 3.63) is 58.4 Å². The van der Waals surface area contributed by atoms with E-state index < -0.39 is 73.7 Å². The van der Waals surface area contributed by atoms with Crippen LogP contribution in [0.4, 0.5) is 18.9 Å². The monoisotopic (exact) mass is 591 g/mol. The summed E-state index contributed by atoms with van der Waals surface area (Å²) in [7, 11) is -4.18. The van der Waals surface area contributed by atoms with Crippen LogP contribution in [0.5, 0.6) is 0 Å². The van der Waals surface area contributed by atoms with E-state index in [1.807, 2.05) is 0 Å². The first-order valence-electron chi connectivity index (χ1n) is 12.3. The Morgan fingerprint density at radius 3 is 2.13 bits per heavy atom. The first kappa shape index (κ1) is 29.8. The number of halogens is 4. The van der Waals surface area contributed by atoms with Crippen molar-refractivity contribution in [3.63, 3.8) is 0 Å². The topological polar surface area (TPSA) is 144 Å². The Morgan fingerprint density at radius 2 is 1.62 bits per heavy atom. The van der Waals surface area contributed by atoms with Crippen molar-refractivity contribution in [2.75, 3.05) is 5.32 Å². The Morgan fingerprint density at radius 1 is 1.08 bits per heavy atom. The molecule has 2 aromatic carbocycles. The third kappa shape index (κ3) is 5.30. The molecule has 2 bridgehead atoms. The number of anilines is 1. The third-order valence-electron chi connectivity index (χ3n) is 7.94. The van der Waals surface area contributed by atoms with Gasteiger partial charge in [-0.05, 0) is 69.6 Å². The lowest BCUT2D eigenvalue weighted by molar-refractivity contribution is -0.208. The molecule has 0 aromatic heterocycles. The molecule has 6 atom stereocenters. The molecule has 0 radical (unpaired) electrons. The molecule has 4 rings (SSSR count). The van der Waals surface area contributed by atoms with Crippen molar-refractivity contribution in [1.29, 1.82) is 0 Å². The average molecular weight is 592 g/mol. The van der Waals surface area contributed by atoms with Crippen LogP contribution >= 0.6 is 11.6 Å². The zero-order chi connectivity index (χ0) is 29.1. The van der Waals surface area contributed by atoms with Gasteiger partial charge in [-0.15, -0.1) is 0 Å². The Kier molecular flexibility index (Phi) is 7.87. The van der Waals surface area contributed by atoms with Gasteiger partial charge in [-0.3, -0.25) is 4.79 Å². The summed E-state index contributed by atoms with van der Waals surface area (Å²) in [6.45, 7) is 2.58. The van der Waals surface area contributed by atoms with E-state index in [4.69, 9.17) is 11.6 Å². The molecule has 2 saturated carbocycles. The molecule has 2 aromatic rings. The van der Waals surface area contributed by atoms with E-state index in [-0.39, 0.29) is 34.0 Å². The molecule has 1 amide bonds. The maximum atomic E-state index is 13.7. The Balaban J connectivity index is 1.58. The minimum atomic E-state index is -4.18. The van der Waals surface area contributed by atoms with Gasteiger partial charge in [-0.25, -0.2) is 21.6 Å². The van der Waals surface area contributed by atoms with Gasteiger partial charge < -0.3 is 25.7 Å². The fraction of sp³-hybridized carbons (Fsp3) is 0.500. The van der Waals surface area contributed by atoms with Crippen molar-refractivity contribution in [2.24, 2.45) is 11.8 Å². The average Bonchev–Trinajstić information content (AvgIpc) is 3.02. The molecule has 5 N–H and O–H groups in total. The predicted octanol–water partition coefficient (Wildman–Crippen LogP) is 3.20. The Hall–Kier alpha value is -2.22. The number of hydrogen-bond donors (Lipinski definition) is 5. The highest BCUT2D eigenvalue weighted by Crippen LogP contribution is 2.54. The van der Waals surface area contributed by atoms with Crippen LogP contribution in [0.1, 0.15) is 49.9 Å². The van der Waals surface area contributed by atoms with E-state index in [1.54, 1.807) is 0 Å². The van der Waals surface area contributed by atoms with Gasteiger partial charge >= 0.3 is 0 Å². The molecule has 3 unspecified atom stereocenters. The van der Waals surface area contributed by atoms with E-state index in [2.05, 4.69) is 5.32 Å². The second kappa shape index (κ2) is 10.3. The number of benzene rings is 2. The summed E-state index contributed by atoms with van der Waals surface area (Å²) in [6, 6.07) is 4.58. The largest absolute Gasteiger partial charge is 0.388 e. The number of fused-ring (bicyclic) bond motifs is 2. The minimum absolute atomic E-state index is 0.0636. The molecule has 39 heavy (non-hydrogen) atoms. The summed E-state index contributed by atoms with van der Waals surface area (Å²) >= 11 is 6.21. The van der Waals surface area contributed by atoms with E-state index in [0.717, 1.165) is 6.07 Å². The molecule has 8 nitrogen and oxygen atoms in total. The van der Waals surface area contributed by atoms with Crippen molar-refractivity contribution in [2.45, 2.75) is 73.1 Å². The number of sulfone groups is 1. The number of aliphatic hydroxyl groups is 4. The van der Waals surface area contributed by atoms with Gasteiger partial charge in [-0.2, -0.15) is 0 Å². The summed E-state index contributed by atoms with van der Waals surface area (Å²) in [5.41, 5.74) is -4.10. The highest BCUT2D eigenvalue weighted by atomic mass is 35.5. The summed E-state index contributed by atoms with van der Waals surface area (Å²) in [4.78, 5) is 12.4. The van der Waals surface area contributed by atoms with Crippen LogP contribution in [0.2, 0.25) is 5.02 Å². The van der Waals surface area contributed by atoms with Crippen molar-refractivity contribution in [3.8, 4) is 0 Å². The molecular weight excluding hydrogens is 563 g/mol. The number of nitrogens with one attached hydrogen (secondary N) is 1. The fourth-order valence-electron chi connectivity index (χ4n) is 5.79. The third-order valence-corrected chi connectivity index (χ3v) is 10.6. The molecule has 0 heterocycles. The summed E-state index contributed by atoms with van der Waals surface area (Å²) in [5, 5.41) is 43.8. The van der Waals surface area contributed by atoms with Crippen LogP contribution in [0, 0.1) is 29.3 Å². The van der Waals surface area contributed by atoms with Crippen molar-refractivity contribution in [1.82, 2.24) is 0 Å². The zero-order valence-corrected chi connectivity index (χ0v) is 22.6. The molecule has 2 fully saturated rings. The highest BCUT2D eigenvalue weighted by molar-refractivity contribution is 7.92. The van der Waals surface area contributed by atoms with Gasteiger partial charge in [0.15, 0.2) is 27.3 Å². The van der Waals surface area contributed by atoms with E-state index in [0.29, 0.717) is 25.0 Å². The predicted molar refractivity (Wildman–Crippen MR) is 135 cm³/mol. The van der Waals surface area contributed by atoms with Crippen LogP contribution in [0.25, 0.3) is 0 Å². The lowest BCUT2D eigenvalue weighted by Gasteiger charge is -2.48. The van der Waals surface area contributed by atoms with Gasteiger partial charge in [0.05, 0.1) is 26.4 Å². The normalized spacial score (nSPS) is 26.8. The SMILES string of the molecule is CC(C)(O)C(O)C(O)[C@@]1(O)C2CC[C@H]1C[C@H](S(=O)(=O)c1cc(C(=O)Nc3cc(F)c(F)c(F)c3)ccc1Cl)C2. The molecule has 214 valence electrons. The quantitative estimate of drug-likeness (QED) is 0.311. The van der Waals surface area contributed by atoms with Gasteiger partial charge in [0.25, 0.3) is 5.91 Å². The van der Waals surface area contributed by atoms with E-state index in [1.165, 1.54) is 26.0 Å². The van der Waals surface area contributed by atoms with Gasteiger partial charge in [0, 0.05) is 23.4 Å². The van der Waals surface area contributed by atoms with E-state index in [9.17, 15) is 46.8 Å². The van der Waals surface area contributed by atoms with Crippen LogP contribution in [-0.2, 0) is 9.84 Å². The smallest absolute Gasteiger partial charge is 0.255 e. The van der Waals surface area contributed by atoms with Gasteiger partial charge in [0.2, 0.25) is 0 Å². The standard InChI is InChI=1S/C26H29ClF3NO7S/c1-25(2,35)22(32)23(33)26(36)13-4-5-14(26)9-16(8-13)39(37,38)20-7-12(3-6-17(20)27)24(34)31-15-10-18(28)21(30)19(29)11-15/h3,6-7,10-11,13-14,16,22-23,32-33,35-36H,4-5,8-9H2,1-2H3,(H,31,34)/t13-,14?,16-,22?,23?,26-/m0/s1. The maximum Gasteiger partial charge on any atom is 0.255 e. The molecule has 0 spiro atoms. The number of aliphatic hydroxyl groups excluding tert-OH is 2. The number of amides is 1. The number of carbonyl (C=O) groups is 1. The molecule has 2 aliphatic rings. The first-order chi connectivity index (χ1) is 18.0. The molecule has 2 aliphatic carbocycles. The van der Waals surface area contributed by atoms with Crippen LogP contribution in [-0.4, -0.2) is 63.4 Å². The fourth-order valence-corrected chi connectivity index (χ4v) is 8.19. The minimum Gasteiger partial charge on any atom is -0.388 e. The lowest BCUT2D eigenvalue weighted by atomic mass is 9.68. The second-order valence-corrected chi connectivity index (χ2v) is 13.5. The highest BCUT2D eigenvalue weighted by Gasteiger charge is 2.61. The number of carbonyl (C=O) groups excluding carboxylic acids is 1. The van der Waals surface area contributed by atoms with Gasteiger partial charge in [-0.1, -0.05) is 11.6 Å². The Bertz CT molecular complexity index is 1360. The summed E-state index contributed by atoms with van der Waals surface area (Å²) in [5.74, 6) is -7.06. The summed E-state index contributed by atoms with van der Waals surface area (Å²) < 4.78 is 67.6. The molecular formula is C26H29ClF3NO7S. The van der Waals surface area contributed by atoms with Crippen LogP contribution in [0.15, 0.2) is 35.2 Å². The second-order valence-electron chi connectivity index (χ2n) is 10.9. The molecule has 0 aliphatic heterocycles. The number of hydrogen-bond acceptors (Lipinski definition) is 7. The van der Waals surface area contributed by atoms with Crippen LogP contribution in [0.3, 0.4) is 0 Å². The van der Waals surface area contributed by atoms with Crippen LogP contribution < -0.4 is 5.32 Å². The maximum absolute atomic E-state index is 13.7.